The molecule has 1 saturated heterocycles. The molecule has 0 saturated carbocycles. The first-order valence-electron chi connectivity index (χ1n) is 11.0. The number of nitrogens with zero attached hydrogens (tertiary/aromatic N) is 3. The van der Waals surface area contributed by atoms with Crippen LogP contribution in [0.5, 0.6) is 0 Å². The van der Waals surface area contributed by atoms with Crippen molar-refractivity contribution in [2.45, 2.75) is 37.6 Å². The number of nitrogens with one attached hydrogen (secondary N) is 2. The lowest BCUT2D eigenvalue weighted by Crippen LogP contribution is -2.61. The number of likely N-dealkylation sites (N-methyl/N-ethyl adjacent to an activating group) is 1. The summed E-state index contributed by atoms with van der Waals surface area (Å²) in [6.07, 6.45) is 0. The molecule has 1 aliphatic heterocycles. The van der Waals surface area contributed by atoms with Crippen LogP contribution >= 0.6 is 11.3 Å². The van der Waals surface area contributed by atoms with E-state index >= 15 is 0 Å². The summed E-state index contributed by atoms with van der Waals surface area (Å²) in [4.78, 5) is 14.8. The minimum absolute atomic E-state index is 0.149. The van der Waals surface area contributed by atoms with Crippen molar-refractivity contribution in [1.29, 1.82) is 15.9 Å². The highest BCUT2D eigenvalue weighted by molar-refractivity contribution is 7.10. The zero-order valence-electron chi connectivity index (χ0n) is 19.8. The van der Waals surface area contributed by atoms with Gasteiger partial charge in [-0.25, -0.2) is 9.18 Å². The number of amides is 2. The standard InChI is InChI=1S/C27H24FN5OS/c1-26(2,15-30)20-7-5-17(6-8-20)23-24(31)33(4)25(34)32-27(23,3)22-12-19(14-35-22)18-9-16(13-29)10-21(28)11-18/h5-12,14,23,31H,1-4H3,(H,32,34)/t23-,27+/m0/s1. The van der Waals surface area contributed by atoms with Crippen molar-refractivity contribution in [3.63, 3.8) is 0 Å². The van der Waals surface area contributed by atoms with Crippen molar-refractivity contribution in [3.05, 3.63) is 81.3 Å². The summed E-state index contributed by atoms with van der Waals surface area (Å²) < 4.78 is 14.0. The molecule has 1 aromatic heterocycles. The van der Waals surface area contributed by atoms with E-state index in [0.29, 0.717) is 5.56 Å². The van der Waals surface area contributed by atoms with E-state index in [-0.39, 0.29) is 17.4 Å². The Morgan fingerprint density at radius 2 is 1.83 bits per heavy atom. The van der Waals surface area contributed by atoms with Crippen LogP contribution in [0.1, 0.15) is 48.3 Å². The second kappa shape index (κ2) is 8.65. The molecule has 0 unspecified atom stereocenters. The summed E-state index contributed by atoms with van der Waals surface area (Å²) in [6.45, 7) is 5.58. The zero-order valence-corrected chi connectivity index (χ0v) is 20.6. The molecule has 176 valence electrons. The number of hydrogen-bond donors (Lipinski definition) is 2. The molecule has 1 aliphatic rings. The summed E-state index contributed by atoms with van der Waals surface area (Å²) in [5.41, 5.74) is 1.63. The minimum Gasteiger partial charge on any atom is -0.327 e. The number of nitriles is 2. The highest BCUT2D eigenvalue weighted by atomic mass is 32.1. The van der Waals surface area contributed by atoms with Crippen molar-refractivity contribution in [1.82, 2.24) is 10.2 Å². The van der Waals surface area contributed by atoms with Crippen LogP contribution in [0, 0.1) is 33.9 Å². The Balaban J connectivity index is 1.80. The Morgan fingerprint density at radius 3 is 2.46 bits per heavy atom. The number of hydrogen-bond acceptors (Lipinski definition) is 5. The summed E-state index contributed by atoms with van der Waals surface area (Å²) in [5.74, 6) is -0.847. The second-order valence-corrected chi connectivity index (χ2v) is 10.3. The molecule has 0 aliphatic carbocycles. The first kappa shape index (κ1) is 24.1. The van der Waals surface area contributed by atoms with Gasteiger partial charge in [-0.2, -0.15) is 10.5 Å². The highest BCUT2D eigenvalue weighted by Crippen LogP contribution is 2.45. The van der Waals surface area contributed by atoms with E-state index in [2.05, 4.69) is 11.4 Å². The van der Waals surface area contributed by atoms with E-state index in [1.165, 1.54) is 28.4 Å². The van der Waals surface area contributed by atoms with Crippen LogP contribution in [0.15, 0.2) is 53.9 Å². The van der Waals surface area contributed by atoms with Gasteiger partial charge in [-0.05, 0) is 72.7 Å². The van der Waals surface area contributed by atoms with Gasteiger partial charge in [0.05, 0.1) is 34.6 Å². The van der Waals surface area contributed by atoms with Gasteiger partial charge in [-0.1, -0.05) is 24.3 Å². The molecule has 0 bridgehead atoms. The van der Waals surface area contributed by atoms with Crippen molar-refractivity contribution in [2.75, 3.05) is 7.05 Å². The van der Waals surface area contributed by atoms with E-state index in [1.54, 1.807) is 13.1 Å². The average Bonchev–Trinajstić information content (AvgIpc) is 3.34. The van der Waals surface area contributed by atoms with Crippen LogP contribution < -0.4 is 5.32 Å². The molecule has 35 heavy (non-hydrogen) atoms. The molecule has 4 rings (SSSR count). The maximum absolute atomic E-state index is 14.0. The molecule has 0 spiro atoms. The van der Waals surface area contributed by atoms with Gasteiger partial charge in [-0.3, -0.25) is 10.3 Å². The van der Waals surface area contributed by atoms with Crippen LogP contribution in [0.2, 0.25) is 0 Å². The fraction of sp³-hybridized carbons (Fsp3) is 0.259. The van der Waals surface area contributed by atoms with Gasteiger partial charge in [0.15, 0.2) is 0 Å². The first-order valence-corrected chi connectivity index (χ1v) is 11.8. The van der Waals surface area contributed by atoms with Gasteiger partial charge in [-0.15, -0.1) is 11.3 Å². The molecular weight excluding hydrogens is 461 g/mol. The summed E-state index contributed by atoms with van der Waals surface area (Å²) in [7, 11) is 1.56. The Morgan fingerprint density at radius 1 is 1.14 bits per heavy atom. The lowest BCUT2D eigenvalue weighted by molar-refractivity contribution is 0.196. The molecule has 2 amide bonds. The lowest BCUT2D eigenvalue weighted by Gasteiger charge is -2.45. The Hall–Kier alpha value is -4.01. The SMILES string of the molecule is CN1C(=N)[C@H](c2ccc(C(C)(C)C#N)cc2)[C@@](C)(c2cc(-c3cc(F)cc(C#N)c3)cs2)NC1=O. The van der Waals surface area contributed by atoms with E-state index < -0.39 is 22.7 Å². The molecule has 0 radical (unpaired) electrons. The van der Waals surface area contributed by atoms with Gasteiger partial charge in [0.2, 0.25) is 0 Å². The molecule has 3 aromatic rings. The number of rotatable bonds is 4. The topological polar surface area (TPSA) is 104 Å². The van der Waals surface area contributed by atoms with Gasteiger partial charge < -0.3 is 5.32 Å². The third-order valence-electron chi connectivity index (χ3n) is 6.60. The third kappa shape index (κ3) is 4.18. The van der Waals surface area contributed by atoms with Crippen LogP contribution in [0.4, 0.5) is 9.18 Å². The van der Waals surface area contributed by atoms with Gasteiger partial charge in [0.25, 0.3) is 0 Å². The van der Waals surface area contributed by atoms with Crippen LogP contribution in [-0.4, -0.2) is 23.8 Å². The average molecular weight is 486 g/mol. The van der Waals surface area contributed by atoms with Crippen LogP contribution in [0.3, 0.4) is 0 Å². The summed E-state index contributed by atoms with van der Waals surface area (Å²) >= 11 is 1.41. The van der Waals surface area contributed by atoms with Crippen molar-refractivity contribution < 1.29 is 9.18 Å². The zero-order chi connectivity index (χ0) is 25.5. The predicted molar refractivity (Wildman–Crippen MR) is 134 cm³/mol. The number of amidine groups is 1. The quantitative estimate of drug-likeness (QED) is 0.484. The summed E-state index contributed by atoms with van der Waals surface area (Å²) in [6, 6.07) is 17.5. The Labute approximate surface area is 207 Å². The fourth-order valence-electron chi connectivity index (χ4n) is 4.39. The molecule has 8 heteroatoms. The van der Waals surface area contributed by atoms with Crippen molar-refractivity contribution in [3.8, 4) is 23.3 Å². The number of halogens is 1. The molecule has 1 fully saturated rings. The summed E-state index contributed by atoms with van der Waals surface area (Å²) in [5, 5.41) is 32.4. The predicted octanol–water partition coefficient (Wildman–Crippen LogP) is 5.86. The Kier molecular flexibility index (Phi) is 5.96. The number of carbonyl (C=O) groups is 1. The molecule has 2 aromatic carbocycles. The maximum atomic E-state index is 14.0. The second-order valence-electron chi connectivity index (χ2n) is 9.41. The number of thiophene rings is 1. The Bertz CT molecular complexity index is 1410. The van der Waals surface area contributed by atoms with E-state index in [1.807, 2.05) is 62.6 Å². The van der Waals surface area contributed by atoms with E-state index in [9.17, 15) is 19.7 Å². The fourth-order valence-corrected chi connectivity index (χ4v) is 5.45. The highest BCUT2D eigenvalue weighted by Gasteiger charge is 2.48. The van der Waals surface area contributed by atoms with Gasteiger partial charge >= 0.3 is 6.03 Å². The maximum Gasteiger partial charge on any atom is 0.323 e. The monoisotopic (exact) mass is 485 g/mol. The van der Waals surface area contributed by atoms with Gasteiger partial charge in [0.1, 0.15) is 11.7 Å². The normalized spacial score (nSPS) is 20.2. The smallest absolute Gasteiger partial charge is 0.323 e. The first-order chi connectivity index (χ1) is 16.5. The largest absolute Gasteiger partial charge is 0.327 e. The molecule has 2 heterocycles. The van der Waals surface area contributed by atoms with E-state index in [0.717, 1.165) is 21.6 Å². The third-order valence-corrected chi connectivity index (χ3v) is 7.77. The van der Waals surface area contributed by atoms with Crippen LogP contribution in [-0.2, 0) is 11.0 Å². The minimum atomic E-state index is -0.943. The van der Waals surface area contributed by atoms with Crippen molar-refractivity contribution in [2.24, 2.45) is 0 Å². The van der Waals surface area contributed by atoms with E-state index in [4.69, 9.17) is 5.41 Å². The number of carbonyl (C=O) groups excluding carboxylic acids is 1. The van der Waals surface area contributed by atoms with Crippen LogP contribution in [0.25, 0.3) is 11.1 Å². The molecular formula is C27H24FN5OS. The molecule has 6 nitrogen and oxygen atoms in total. The number of urea groups is 1. The number of benzene rings is 2. The van der Waals surface area contributed by atoms with Crippen molar-refractivity contribution >= 4 is 23.2 Å². The molecule has 2 N–H and O–H groups in total. The van der Waals surface area contributed by atoms with Gasteiger partial charge in [0, 0.05) is 11.9 Å². The molecule has 2 atom stereocenters. The lowest BCUT2D eigenvalue weighted by atomic mass is 9.75.